The summed E-state index contributed by atoms with van der Waals surface area (Å²) in [7, 11) is 0. The van der Waals surface area contributed by atoms with E-state index in [1.165, 1.54) is 13.0 Å². The minimum Gasteiger partial charge on any atom is -0.489 e. The van der Waals surface area contributed by atoms with Crippen LogP contribution in [-0.4, -0.2) is 43.5 Å². The molecule has 2 aromatic carbocycles. The predicted molar refractivity (Wildman–Crippen MR) is 109 cm³/mol. The van der Waals surface area contributed by atoms with Gasteiger partial charge in [-0.15, -0.1) is 0 Å². The van der Waals surface area contributed by atoms with Gasteiger partial charge in [-0.05, 0) is 24.6 Å². The zero-order chi connectivity index (χ0) is 19.3. The van der Waals surface area contributed by atoms with Crippen LogP contribution >= 0.6 is 0 Å². The first-order chi connectivity index (χ1) is 13.8. The summed E-state index contributed by atoms with van der Waals surface area (Å²) in [6.07, 6.45) is 1.17. The molecule has 1 saturated heterocycles. The fraction of sp³-hybridized carbons (Fsp3) is 0.348. The van der Waals surface area contributed by atoms with E-state index in [-0.39, 0.29) is 5.91 Å². The lowest BCUT2D eigenvalue weighted by Crippen LogP contribution is -3.14. The molecule has 5 heteroatoms. The van der Waals surface area contributed by atoms with Crippen LogP contribution in [0.1, 0.15) is 29.5 Å². The van der Waals surface area contributed by atoms with Gasteiger partial charge in [0.1, 0.15) is 17.9 Å². The number of hydrogen-bond acceptors (Lipinski definition) is 3. The molecule has 0 bridgehead atoms. The van der Waals surface area contributed by atoms with Gasteiger partial charge in [0.05, 0.1) is 32.7 Å². The predicted octanol–water partition coefficient (Wildman–Crippen LogP) is 2.76. The van der Waals surface area contributed by atoms with Crippen LogP contribution in [0.5, 0.6) is 5.75 Å². The van der Waals surface area contributed by atoms with Crippen molar-refractivity contribution >= 4 is 16.9 Å². The highest BCUT2D eigenvalue weighted by atomic mass is 16.5. The van der Waals surface area contributed by atoms with Crippen LogP contribution in [-0.2, 0) is 6.61 Å². The second-order valence-corrected chi connectivity index (χ2v) is 7.30. The topological polar surface area (TPSA) is 47.1 Å². The van der Waals surface area contributed by atoms with Gasteiger partial charge in [-0.3, -0.25) is 4.79 Å². The number of benzene rings is 2. The quantitative estimate of drug-likeness (QED) is 0.716. The molecule has 1 aromatic heterocycles. The van der Waals surface area contributed by atoms with E-state index in [2.05, 4.69) is 6.92 Å². The van der Waals surface area contributed by atoms with Gasteiger partial charge in [0.2, 0.25) is 0 Å². The Labute approximate surface area is 165 Å². The van der Waals surface area contributed by atoms with E-state index in [0.717, 1.165) is 48.5 Å². The molecule has 5 nitrogen and oxygen atoms in total. The van der Waals surface area contributed by atoms with E-state index in [4.69, 9.17) is 9.15 Å². The molecule has 1 amide bonds. The maximum atomic E-state index is 13.2. The number of para-hydroxylation sites is 2. The maximum absolute atomic E-state index is 13.2. The Morgan fingerprint density at radius 3 is 2.54 bits per heavy atom. The van der Waals surface area contributed by atoms with Gasteiger partial charge in [0, 0.05) is 10.9 Å². The summed E-state index contributed by atoms with van der Waals surface area (Å²) in [5.74, 6) is 1.16. The molecule has 0 atom stereocenters. The molecule has 1 fully saturated rings. The molecule has 3 aromatic rings. The van der Waals surface area contributed by atoms with Gasteiger partial charge in [-0.25, -0.2) is 0 Å². The van der Waals surface area contributed by atoms with Crippen LogP contribution in [0, 0.1) is 0 Å². The minimum absolute atomic E-state index is 0.0292. The van der Waals surface area contributed by atoms with Crippen molar-refractivity contribution in [3.8, 4) is 5.75 Å². The molecule has 0 aliphatic carbocycles. The molecular weight excluding hydrogens is 352 g/mol. The molecule has 1 aliphatic rings. The highest BCUT2D eigenvalue weighted by Gasteiger charge is 2.29. The smallest absolute Gasteiger partial charge is 0.290 e. The van der Waals surface area contributed by atoms with Crippen LogP contribution in [0.3, 0.4) is 0 Å². The Bertz CT molecular complexity index is 927. The van der Waals surface area contributed by atoms with E-state index < -0.39 is 0 Å². The van der Waals surface area contributed by atoms with Crippen LogP contribution in [0.2, 0.25) is 0 Å². The summed E-state index contributed by atoms with van der Waals surface area (Å²) in [5, 5.41) is 0.942. The summed E-state index contributed by atoms with van der Waals surface area (Å²) in [6, 6.07) is 17.4. The van der Waals surface area contributed by atoms with Crippen LogP contribution in [0.25, 0.3) is 11.0 Å². The van der Waals surface area contributed by atoms with Crippen LogP contribution < -0.4 is 9.64 Å². The van der Waals surface area contributed by atoms with Gasteiger partial charge < -0.3 is 19.0 Å². The molecule has 0 spiro atoms. The van der Waals surface area contributed by atoms with Gasteiger partial charge >= 0.3 is 0 Å². The SMILES string of the molecule is CCC[NH+]1CCN(C(=O)c2oc3ccccc3c2COc2ccccc2)CC1. The number of rotatable bonds is 6. The van der Waals surface area contributed by atoms with Gasteiger partial charge in [0.25, 0.3) is 5.91 Å². The molecule has 2 heterocycles. The molecule has 28 heavy (non-hydrogen) atoms. The molecule has 1 aliphatic heterocycles. The average molecular weight is 379 g/mol. The molecule has 0 saturated carbocycles. The fourth-order valence-electron chi connectivity index (χ4n) is 3.86. The molecule has 0 radical (unpaired) electrons. The van der Waals surface area contributed by atoms with Gasteiger partial charge in [-0.1, -0.05) is 43.3 Å². The lowest BCUT2D eigenvalue weighted by molar-refractivity contribution is -0.904. The number of nitrogens with zero attached hydrogens (tertiary/aromatic N) is 1. The first kappa shape index (κ1) is 18.6. The monoisotopic (exact) mass is 379 g/mol. The van der Waals surface area contributed by atoms with Crippen molar-refractivity contribution in [1.82, 2.24) is 4.90 Å². The van der Waals surface area contributed by atoms with Crippen molar-refractivity contribution in [2.75, 3.05) is 32.7 Å². The second-order valence-electron chi connectivity index (χ2n) is 7.30. The van der Waals surface area contributed by atoms with Crippen molar-refractivity contribution in [3.63, 3.8) is 0 Å². The average Bonchev–Trinajstić information content (AvgIpc) is 3.12. The van der Waals surface area contributed by atoms with Crippen molar-refractivity contribution in [2.24, 2.45) is 0 Å². The first-order valence-corrected chi connectivity index (χ1v) is 10.1. The van der Waals surface area contributed by atoms with Gasteiger partial charge in [0.15, 0.2) is 5.76 Å². The molecule has 1 N–H and O–H groups in total. The number of ether oxygens (including phenoxy) is 1. The lowest BCUT2D eigenvalue weighted by Gasteiger charge is -2.31. The standard InChI is InChI=1S/C23H26N2O3/c1-2-12-24-13-15-25(16-14-24)23(26)22-20(17-27-18-8-4-3-5-9-18)19-10-6-7-11-21(19)28-22/h3-11H,2,12-17H2,1H3/p+1. The molecule has 4 rings (SSSR count). The lowest BCUT2D eigenvalue weighted by atomic mass is 10.1. The van der Waals surface area contributed by atoms with E-state index >= 15 is 0 Å². The number of furan rings is 1. The zero-order valence-electron chi connectivity index (χ0n) is 16.3. The van der Waals surface area contributed by atoms with Crippen molar-refractivity contribution in [3.05, 3.63) is 65.9 Å². The maximum Gasteiger partial charge on any atom is 0.290 e. The number of piperazine rings is 1. The van der Waals surface area contributed by atoms with E-state index in [9.17, 15) is 4.79 Å². The van der Waals surface area contributed by atoms with E-state index in [1.54, 1.807) is 4.90 Å². The summed E-state index contributed by atoms with van der Waals surface area (Å²) in [5.41, 5.74) is 1.56. The van der Waals surface area contributed by atoms with Crippen molar-refractivity contribution in [1.29, 1.82) is 0 Å². The second kappa shape index (κ2) is 8.48. The minimum atomic E-state index is -0.0292. The Balaban J connectivity index is 1.57. The van der Waals surface area contributed by atoms with E-state index in [1.807, 2.05) is 59.5 Å². The number of carbonyl (C=O) groups excluding carboxylic acids is 1. The Hall–Kier alpha value is -2.79. The van der Waals surface area contributed by atoms with Crippen LogP contribution in [0.4, 0.5) is 0 Å². The van der Waals surface area contributed by atoms with E-state index in [0.29, 0.717) is 12.4 Å². The largest absolute Gasteiger partial charge is 0.489 e. The third kappa shape index (κ3) is 3.90. The third-order valence-corrected chi connectivity index (χ3v) is 5.38. The normalized spacial score (nSPS) is 15.1. The summed E-state index contributed by atoms with van der Waals surface area (Å²) in [6.45, 7) is 7.21. The number of nitrogens with one attached hydrogen (secondary N) is 1. The van der Waals surface area contributed by atoms with Crippen molar-refractivity contribution < 1.29 is 18.8 Å². The number of quaternary nitrogens is 1. The highest BCUT2D eigenvalue weighted by molar-refractivity contribution is 5.99. The Morgan fingerprint density at radius 1 is 1.07 bits per heavy atom. The summed E-state index contributed by atoms with van der Waals surface area (Å²) >= 11 is 0. The molecule has 0 unspecified atom stereocenters. The zero-order valence-corrected chi connectivity index (χ0v) is 16.3. The fourth-order valence-corrected chi connectivity index (χ4v) is 3.86. The Morgan fingerprint density at radius 2 is 1.79 bits per heavy atom. The number of hydrogen-bond donors (Lipinski definition) is 1. The Kier molecular flexibility index (Phi) is 5.63. The number of amides is 1. The number of carbonyl (C=O) groups is 1. The first-order valence-electron chi connectivity index (χ1n) is 10.1. The van der Waals surface area contributed by atoms with Crippen molar-refractivity contribution in [2.45, 2.75) is 20.0 Å². The number of fused-ring (bicyclic) bond motifs is 1. The summed E-state index contributed by atoms with van der Waals surface area (Å²) in [4.78, 5) is 16.7. The van der Waals surface area contributed by atoms with Gasteiger partial charge in [-0.2, -0.15) is 0 Å². The summed E-state index contributed by atoms with van der Waals surface area (Å²) < 4.78 is 11.9. The molecular formula is C23H27N2O3+. The highest BCUT2D eigenvalue weighted by Crippen LogP contribution is 2.28. The third-order valence-electron chi connectivity index (χ3n) is 5.38. The molecule has 146 valence electrons. The van der Waals surface area contributed by atoms with Crippen LogP contribution in [0.15, 0.2) is 59.0 Å².